The fourth-order valence-electron chi connectivity index (χ4n) is 2.98. The number of hydrogen-bond donors (Lipinski definition) is 1. The van der Waals surface area contributed by atoms with Crippen molar-refractivity contribution in [3.8, 4) is 11.5 Å². The molecule has 0 spiro atoms. The molecule has 0 heterocycles. The molecule has 2 rings (SSSR count). The Morgan fingerprint density at radius 1 is 1.00 bits per heavy atom. The molecule has 1 unspecified atom stereocenters. The molecule has 1 amide bonds. The molecule has 0 saturated carbocycles. The van der Waals surface area contributed by atoms with E-state index in [-0.39, 0.29) is 11.8 Å². The molecule has 0 radical (unpaired) electrons. The molecule has 0 bridgehead atoms. The fourth-order valence-corrected chi connectivity index (χ4v) is 2.98. The standard InChI is InChI=1S/C24H33NO4/c1-7-27-12-13-28-23-11-9-20(15-21(23)16(2)3)25-24(26)19(6)29-22-10-8-17(4)14-18(22)5/h8-11,14-16,19H,7,12-13H2,1-6H3,(H,25,26). The molecule has 1 atom stereocenters. The number of aryl methyl sites for hydroxylation is 2. The van der Waals surface area contributed by atoms with Gasteiger partial charge in [0.05, 0.1) is 6.61 Å². The molecule has 1 N–H and O–H groups in total. The molecular formula is C24H33NO4. The van der Waals surface area contributed by atoms with Crippen LogP contribution in [0, 0.1) is 13.8 Å². The van der Waals surface area contributed by atoms with Crippen molar-refractivity contribution >= 4 is 11.6 Å². The van der Waals surface area contributed by atoms with Crippen molar-refractivity contribution in [2.45, 2.75) is 53.6 Å². The van der Waals surface area contributed by atoms with Crippen molar-refractivity contribution in [1.82, 2.24) is 0 Å². The zero-order valence-electron chi connectivity index (χ0n) is 18.4. The third kappa shape index (κ3) is 6.79. The highest BCUT2D eigenvalue weighted by molar-refractivity contribution is 5.94. The van der Waals surface area contributed by atoms with Gasteiger partial charge in [-0.15, -0.1) is 0 Å². The maximum atomic E-state index is 12.6. The van der Waals surface area contributed by atoms with E-state index in [2.05, 4.69) is 19.2 Å². The van der Waals surface area contributed by atoms with Gasteiger partial charge in [-0.05, 0) is 69.0 Å². The Morgan fingerprint density at radius 2 is 1.72 bits per heavy atom. The van der Waals surface area contributed by atoms with E-state index >= 15 is 0 Å². The largest absolute Gasteiger partial charge is 0.491 e. The molecule has 29 heavy (non-hydrogen) atoms. The van der Waals surface area contributed by atoms with Crippen molar-refractivity contribution in [1.29, 1.82) is 0 Å². The van der Waals surface area contributed by atoms with Gasteiger partial charge in [0.2, 0.25) is 0 Å². The highest BCUT2D eigenvalue weighted by atomic mass is 16.5. The van der Waals surface area contributed by atoms with Crippen molar-refractivity contribution in [3.63, 3.8) is 0 Å². The molecule has 5 heteroatoms. The molecule has 158 valence electrons. The molecule has 0 aliphatic carbocycles. The molecule has 2 aromatic carbocycles. The summed E-state index contributed by atoms with van der Waals surface area (Å²) in [4.78, 5) is 12.6. The predicted octanol–water partition coefficient (Wildman–Crippen LogP) is 5.25. The van der Waals surface area contributed by atoms with Gasteiger partial charge in [-0.3, -0.25) is 4.79 Å². The quantitative estimate of drug-likeness (QED) is 0.555. The lowest BCUT2D eigenvalue weighted by Gasteiger charge is -2.18. The number of anilines is 1. The number of nitrogens with one attached hydrogen (secondary N) is 1. The minimum absolute atomic E-state index is 0.190. The predicted molar refractivity (Wildman–Crippen MR) is 117 cm³/mol. The average Bonchev–Trinajstić information content (AvgIpc) is 2.68. The third-order valence-corrected chi connectivity index (χ3v) is 4.59. The van der Waals surface area contributed by atoms with Gasteiger partial charge in [0, 0.05) is 12.3 Å². The number of carbonyl (C=O) groups excluding carboxylic acids is 1. The Bertz CT molecular complexity index is 817. The number of benzene rings is 2. The summed E-state index contributed by atoms with van der Waals surface area (Å²) in [6, 6.07) is 11.6. The first-order chi connectivity index (χ1) is 13.8. The van der Waals surface area contributed by atoms with Crippen LogP contribution in [0.5, 0.6) is 11.5 Å². The summed E-state index contributed by atoms with van der Waals surface area (Å²) in [5, 5.41) is 2.95. The van der Waals surface area contributed by atoms with Gasteiger partial charge in [0.25, 0.3) is 5.91 Å². The van der Waals surface area contributed by atoms with Gasteiger partial charge < -0.3 is 19.5 Å². The lowest BCUT2D eigenvalue weighted by atomic mass is 10.0. The van der Waals surface area contributed by atoms with E-state index in [0.29, 0.717) is 19.8 Å². The van der Waals surface area contributed by atoms with E-state index in [4.69, 9.17) is 14.2 Å². The Kier molecular flexibility index (Phi) is 8.52. The summed E-state index contributed by atoms with van der Waals surface area (Å²) in [5.41, 5.74) is 3.95. The van der Waals surface area contributed by atoms with Crippen LogP contribution in [-0.4, -0.2) is 31.8 Å². The van der Waals surface area contributed by atoms with Gasteiger partial charge in [-0.25, -0.2) is 0 Å². The minimum Gasteiger partial charge on any atom is -0.491 e. The molecule has 0 aromatic heterocycles. The van der Waals surface area contributed by atoms with E-state index in [1.54, 1.807) is 6.92 Å². The normalized spacial score (nSPS) is 12.0. The molecular weight excluding hydrogens is 366 g/mol. The molecule has 2 aromatic rings. The Morgan fingerprint density at radius 3 is 2.38 bits per heavy atom. The number of hydrogen-bond acceptors (Lipinski definition) is 4. The Labute approximate surface area is 174 Å². The second-order valence-electron chi connectivity index (χ2n) is 7.47. The summed E-state index contributed by atoms with van der Waals surface area (Å²) in [6.45, 7) is 13.7. The van der Waals surface area contributed by atoms with E-state index < -0.39 is 6.10 Å². The van der Waals surface area contributed by atoms with Crippen LogP contribution in [0.4, 0.5) is 5.69 Å². The molecule has 0 saturated heterocycles. The summed E-state index contributed by atoms with van der Waals surface area (Å²) in [7, 11) is 0. The zero-order chi connectivity index (χ0) is 21.4. The molecule has 0 aliphatic rings. The monoisotopic (exact) mass is 399 g/mol. The topological polar surface area (TPSA) is 56.8 Å². The van der Waals surface area contributed by atoms with Crippen molar-refractivity contribution in [3.05, 3.63) is 53.1 Å². The van der Waals surface area contributed by atoms with Gasteiger partial charge in [-0.2, -0.15) is 0 Å². The van der Waals surface area contributed by atoms with Gasteiger partial charge in [-0.1, -0.05) is 31.5 Å². The van der Waals surface area contributed by atoms with E-state index in [0.717, 1.165) is 33.9 Å². The van der Waals surface area contributed by atoms with E-state index in [1.807, 2.05) is 57.2 Å². The Balaban J connectivity index is 2.03. The van der Waals surface area contributed by atoms with Crippen LogP contribution in [0.15, 0.2) is 36.4 Å². The van der Waals surface area contributed by atoms with Crippen LogP contribution in [0.1, 0.15) is 50.3 Å². The van der Waals surface area contributed by atoms with Crippen LogP contribution in [0.2, 0.25) is 0 Å². The lowest BCUT2D eigenvalue weighted by Crippen LogP contribution is -2.30. The van der Waals surface area contributed by atoms with Crippen molar-refractivity contribution in [2.75, 3.05) is 25.1 Å². The highest BCUT2D eigenvalue weighted by Crippen LogP contribution is 2.30. The summed E-state index contributed by atoms with van der Waals surface area (Å²) < 4.78 is 17.0. The van der Waals surface area contributed by atoms with Crippen LogP contribution < -0.4 is 14.8 Å². The summed E-state index contributed by atoms with van der Waals surface area (Å²) in [5.74, 6) is 1.61. The molecule has 0 aliphatic heterocycles. The maximum absolute atomic E-state index is 12.6. The maximum Gasteiger partial charge on any atom is 0.265 e. The minimum atomic E-state index is -0.610. The van der Waals surface area contributed by atoms with Crippen LogP contribution in [-0.2, 0) is 9.53 Å². The van der Waals surface area contributed by atoms with Gasteiger partial charge in [0.15, 0.2) is 6.10 Å². The first-order valence-corrected chi connectivity index (χ1v) is 10.2. The number of amides is 1. The molecule has 5 nitrogen and oxygen atoms in total. The first-order valence-electron chi connectivity index (χ1n) is 10.2. The number of ether oxygens (including phenoxy) is 3. The lowest BCUT2D eigenvalue weighted by molar-refractivity contribution is -0.122. The fraction of sp³-hybridized carbons (Fsp3) is 0.458. The van der Waals surface area contributed by atoms with Crippen LogP contribution in [0.3, 0.4) is 0 Å². The summed E-state index contributed by atoms with van der Waals surface area (Å²) in [6.07, 6.45) is -0.610. The zero-order valence-corrected chi connectivity index (χ0v) is 18.4. The van der Waals surface area contributed by atoms with Gasteiger partial charge >= 0.3 is 0 Å². The average molecular weight is 400 g/mol. The number of carbonyl (C=O) groups is 1. The van der Waals surface area contributed by atoms with Crippen LogP contribution in [0.25, 0.3) is 0 Å². The smallest absolute Gasteiger partial charge is 0.265 e. The van der Waals surface area contributed by atoms with Crippen molar-refractivity contribution in [2.24, 2.45) is 0 Å². The van der Waals surface area contributed by atoms with Crippen LogP contribution >= 0.6 is 0 Å². The second kappa shape index (κ2) is 10.9. The van der Waals surface area contributed by atoms with Crippen molar-refractivity contribution < 1.29 is 19.0 Å². The number of rotatable bonds is 10. The van der Waals surface area contributed by atoms with Gasteiger partial charge in [0.1, 0.15) is 18.1 Å². The SMILES string of the molecule is CCOCCOc1ccc(NC(=O)C(C)Oc2ccc(C)cc2C)cc1C(C)C. The van der Waals surface area contributed by atoms with E-state index in [9.17, 15) is 4.79 Å². The third-order valence-electron chi connectivity index (χ3n) is 4.59. The second-order valence-corrected chi connectivity index (χ2v) is 7.47. The highest BCUT2D eigenvalue weighted by Gasteiger charge is 2.17. The molecule has 0 fully saturated rings. The Hall–Kier alpha value is -2.53. The summed E-state index contributed by atoms with van der Waals surface area (Å²) >= 11 is 0. The first kappa shape index (κ1) is 22.8. The van der Waals surface area contributed by atoms with E-state index in [1.165, 1.54) is 0 Å².